The van der Waals surface area contributed by atoms with Gasteiger partial charge < -0.3 is 10.1 Å². The minimum absolute atomic E-state index is 0.282. The molecule has 0 saturated carbocycles. The summed E-state index contributed by atoms with van der Waals surface area (Å²) in [5, 5.41) is 13.0. The minimum atomic E-state index is -0.282. The van der Waals surface area contributed by atoms with Crippen LogP contribution in [0.2, 0.25) is 5.02 Å². The molecule has 0 amide bonds. The average molecular weight is 295 g/mol. The zero-order valence-corrected chi connectivity index (χ0v) is 13.3. The third-order valence-electron chi connectivity index (χ3n) is 3.09. The average Bonchev–Trinajstić information content (AvgIpc) is 2.43. The molecule has 0 unspecified atom stereocenters. The minimum Gasteiger partial charge on any atom is -0.493 e. The number of ether oxygens (including phenoxy) is 1. The molecule has 20 heavy (non-hydrogen) atoms. The van der Waals surface area contributed by atoms with E-state index in [4.69, 9.17) is 21.6 Å². The number of nitrogens with zero attached hydrogens (tertiary/aromatic N) is 1. The molecule has 0 heterocycles. The number of benzene rings is 1. The van der Waals surface area contributed by atoms with E-state index in [2.05, 4.69) is 18.3 Å². The summed E-state index contributed by atoms with van der Waals surface area (Å²) >= 11 is 6.02. The Morgan fingerprint density at radius 1 is 1.40 bits per heavy atom. The second kappa shape index (κ2) is 8.14. The summed E-state index contributed by atoms with van der Waals surface area (Å²) in [5.41, 5.74) is 0.787. The van der Waals surface area contributed by atoms with Crippen molar-refractivity contribution in [2.75, 3.05) is 13.2 Å². The molecule has 0 aliphatic carbocycles. The van der Waals surface area contributed by atoms with Gasteiger partial charge in [-0.05, 0) is 51.4 Å². The molecule has 0 atom stereocenters. The number of hydrogen-bond acceptors (Lipinski definition) is 3. The largest absolute Gasteiger partial charge is 0.493 e. The van der Waals surface area contributed by atoms with E-state index in [9.17, 15) is 0 Å². The van der Waals surface area contributed by atoms with Crippen LogP contribution in [0.15, 0.2) is 18.2 Å². The van der Waals surface area contributed by atoms with Gasteiger partial charge in [-0.3, -0.25) is 0 Å². The smallest absolute Gasteiger partial charge is 0.123 e. The molecule has 0 saturated heterocycles. The fourth-order valence-electron chi connectivity index (χ4n) is 1.84. The first kappa shape index (κ1) is 16.8. The summed E-state index contributed by atoms with van der Waals surface area (Å²) in [7, 11) is 0. The van der Waals surface area contributed by atoms with Gasteiger partial charge in [-0.15, -0.1) is 0 Å². The van der Waals surface area contributed by atoms with Gasteiger partial charge in [-0.25, -0.2) is 0 Å². The van der Waals surface area contributed by atoms with Gasteiger partial charge in [0.2, 0.25) is 0 Å². The maximum absolute atomic E-state index is 8.97. The Balaban J connectivity index is 2.53. The first-order valence-corrected chi connectivity index (χ1v) is 7.39. The second-order valence-electron chi connectivity index (χ2n) is 5.48. The van der Waals surface area contributed by atoms with Crippen molar-refractivity contribution in [2.45, 2.75) is 40.2 Å². The highest BCUT2D eigenvalue weighted by atomic mass is 35.5. The van der Waals surface area contributed by atoms with Crippen LogP contribution < -0.4 is 10.1 Å². The number of hydrogen-bond donors (Lipinski definition) is 1. The van der Waals surface area contributed by atoms with E-state index in [1.54, 1.807) is 0 Å². The Morgan fingerprint density at radius 2 is 2.15 bits per heavy atom. The summed E-state index contributed by atoms with van der Waals surface area (Å²) in [5.74, 6) is 0.866. The molecule has 0 bridgehead atoms. The Morgan fingerprint density at radius 3 is 2.80 bits per heavy atom. The van der Waals surface area contributed by atoms with Gasteiger partial charge in [-0.1, -0.05) is 18.5 Å². The van der Waals surface area contributed by atoms with Gasteiger partial charge in [0.25, 0.3) is 0 Å². The van der Waals surface area contributed by atoms with Crippen molar-refractivity contribution >= 4 is 11.6 Å². The van der Waals surface area contributed by atoms with Crippen molar-refractivity contribution in [3.05, 3.63) is 28.8 Å². The van der Waals surface area contributed by atoms with Crippen LogP contribution in [0.4, 0.5) is 0 Å². The maximum Gasteiger partial charge on any atom is 0.123 e. The van der Waals surface area contributed by atoms with E-state index in [1.807, 2.05) is 32.0 Å². The van der Waals surface area contributed by atoms with Crippen LogP contribution in [0.25, 0.3) is 0 Å². The Labute approximate surface area is 126 Å². The number of nitrogens with one attached hydrogen (secondary N) is 1. The lowest BCUT2D eigenvalue weighted by molar-refractivity contribution is 0.281. The molecule has 0 aliphatic rings. The van der Waals surface area contributed by atoms with E-state index in [1.165, 1.54) is 0 Å². The molecular weight excluding hydrogens is 272 g/mol. The highest BCUT2D eigenvalue weighted by Gasteiger charge is 2.15. The molecule has 4 heteroatoms. The van der Waals surface area contributed by atoms with Gasteiger partial charge >= 0.3 is 0 Å². The number of rotatable bonds is 8. The summed E-state index contributed by atoms with van der Waals surface area (Å²) < 4.78 is 5.82. The van der Waals surface area contributed by atoms with E-state index >= 15 is 0 Å². The number of nitriles is 1. The van der Waals surface area contributed by atoms with Gasteiger partial charge in [0, 0.05) is 17.1 Å². The second-order valence-corrected chi connectivity index (χ2v) is 5.92. The van der Waals surface area contributed by atoms with Crippen molar-refractivity contribution in [3.8, 4) is 11.8 Å². The van der Waals surface area contributed by atoms with Crippen LogP contribution in [-0.4, -0.2) is 13.2 Å². The molecule has 0 spiro atoms. The molecular formula is C16H23ClN2O. The highest BCUT2D eigenvalue weighted by Crippen LogP contribution is 2.24. The first-order valence-electron chi connectivity index (χ1n) is 7.01. The molecule has 0 aliphatic heterocycles. The van der Waals surface area contributed by atoms with Crippen LogP contribution in [0.5, 0.6) is 5.75 Å². The van der Waals surface area contributed by atoms with Crippen molar-refractivity contribution in [2.24, 2.45) is 5.41 Å². The molecule has 110 valence electrons. The fourth-order valence-corrected chi connectivity index (χ4v) is 2.03. The zero-order chi connectivity index (χ0) is 15.0. The summed E-state index contributed by atoms with van der Waals surface area (Å²) in [6, 6.07) is 7.98. The lowest BCUT2D eigenvalue weighted by Crippen LogP contribution is -2.14. The third-order valence-corrected chi connectivity index (χ3v) is 3.33. The molecule has 3 nitrogen and oxygen atoms in total. The lowest BCUT2D eigenvalue weighted by atomic mass is 9.90. The van der Waals surface area contributed by atoms with Gasteiger partial charge in [0.15, 0.2) is 0 Å². The van der Waals surface area contributed by atoms with Crippen molar-refractivity contribution in [1.82, 2.24) is 5.32 Å². The quantitative estimate of drug-likeness (QED) is 0.732. The predicted octanol–water partition coefficient (Wildman–Crippen LogP) is 4.16. The van der Waals surface area contributed by atoms with Gasteiger partial charge in [0.05, 0.1) is 18.1 Å². The standard InChI is InChI=1S/C16H23ClN2O/c1-4-19-11-13-10-14(17)6-7-15(13)20-9-5-8-16(2,3)12-18/h6-7,10,19H,4-5,8-9,11H2,1-3H3. The van der Waals surface area contributed by atoms with Gasteiger partial charge in [-0.2, -0.15) is 5.26 Å². The number of halogens is 1. The Kier molecular flexibility index (Phi) is 6.84. The molecule has 1 aromatic carbocycles. The summed E-state index contributed by atoms with van der Waals surface area (Å²) in [6.45, 7) is 8.23. The van der Waals surface area contributed by atoms with Crippen molar-refractivity contribution < 1.29 is 4.74 Å². The zero-order valence-electron chi connectivity index (χ0n) is 12.5. The lowest BCUT2D eigenvalue weighted by Gasteiger charge is -2.16. The molecule has 1 rings (SSSR count). The van der Waals surface area contributed by atoms with Crippen LogP contribution in [-0.2, 0) is 6.54 Å². The maximum atomic E-state index is 8.97. The van der Waals surface area contributed by atoms with Crippen LogP contribution >= 0.6 is 11.6 Å². The van der Waals surface area contributed by atoms with Crippen LogP contribution in [0, 0.1) is 16.7 Å². The Hall–Kier alpha value is -1.24. The van der Waals surface area contributed by atoms with Crippen LogP contribution in [0.3, 0.4) is 0 Å². The van der Waals surface area contributed by atoms with Crippen molar-refractivity contribution in [3.63, 3.8) is 0 Å². The Bertz CT molecular complexity index is 466. The van der Waals surface area contributed by atoms with E-state index in [0.29, 0.717) is 6.61 Å². The van der Waals surface area contributed by atoms with Gasteiger partial charge in [0.1, 0.15) is 5.75 Å². The summed E-state index contributed by atoms with van der Waals surface area (Å²) in [6.07, 6.45) is 1.70. The SMILES string of the molecule is CCNCc1cc(Cl)ccc1OCCCC(C)(C)C#N. The molecule has 1 aromatic rings. The normalized spacial score (nSPS) is 11.2. The summed E-state index contributed by atoms with van der Waals surface area (Å²) in [4.78, 5) is 0. The van der Waals surface area contributed by atoms with E-state index < -0.39 is 0 Å². The highest BCUT2D eigenvalue weighted by molar-refractivity contribution is 6.30. The van der Waals surface area contributed by atoms with Crippen LogP contribution in [0.1, 0.15) is 39.2 Å². The predicted molar refractivity (Wildman–Crippen MR) is 83.0 cm³/mol. The molecule has 0 aromatic heterocycles. The molecule has 1 N–H and O–H groups in total. The molecule has 0 radical (unpaired) electrons. The van der Waals surface area contributed by atoms with E-state index in [-0.39, 0.29) is 5.41 Å². The topological polar surface area (TPSA) is 45.0 Å². The third kappa shape index (κ3) is 5.81. The first-order chi connectivity index (χ1) is 9.48. The van der Waals surface area contributed by atoms with Crippen molar-refractivity contribution in [1.29, 1.82) is 5.26 Å². The molecule has 0 fully saturated rings. The fraction of sp³-hybridized carbons (Fsp3) is 0.562. The monoisotopic (exact) mass is 294 g/mol. The van der Waals surface area contributed by atoms with E-state index in [0.717, 1.165) is 42.3 Å².